The van der Waals surface area contributed by atoms with Gasteiger partial charge in [-0.15, -0.1) is 0 Å². The van der Waals surface area contributed by atoms with Crippen molar-refractivity contribution in [3.8, 4) is 0 Å². The zero-order valence-corrected chi connectivity index (χ0v) is 10.1. The van der Waals surface area contributed by atoms with E-state index in [4.69, 9.17) is 5.84 Å². The molecule has 0 spiro atoms. The third-order valence-corrected chi connectivity index (χ3v) is 3.64. The number of imide groups is 1. The number of hydrogen-bond acceptors (Lipinski definition) is 4. The molecule has 2 fully saturated rings. The van der Waals surface area contributed by atoms with Gasteiger partial charge in [0.15, 0.2) is 0 Å². The van der Waals surface area contributed by atoms with E-state index in [2.05, 4.69) is 0 Å². The number of nitrogens with zero attached hydrogens (tertiary/aromatic N) is 1. The first-order valence-corrected chi connectivity index (χ1v) is 6.07. The lowest BCUT2D eigenvalue weighted by molar-refractivity contribution is -0.142. The van der Waals surface area contributed by atoms with Gasteiger partial charge in [0.1, 0.15) is 0 Å². The molecule has 6 heteroatoms. The van der Waals surface area contributed by atoms with E-state index in [1.54, 1.807) is 24.3 Å². The molecular weight excluding hydrogens is 246 g/mol. The Bertz CT molecular complexity index is 547. The van der Waals surface area contributed by atoms with E-state index < -0.39 is 0 Å². The average Bonchev–Trinajstić information content (AvgIpc) is 3.19. The van der Waals surface area contributed by atoms with Gasteiger partial charge in [-0.2, -0.15) is 0 Å². The fourth-order valence-electron chi connectivity index (χ4n) is 2.43. The molecule has 98 valence electrons. The predicted octanol–water partition coefficient (Wildman–Crippen LogP) is -0.205. The highest BCUT2D eigenvalue weighted by Crippen LogP contribution is 2.47. The second kappa shape index (κ2) is 4.17. The van der Waals surface area contributed by atoms with E-state index in [-0.39, 0.29) is 36.1 Å². The number of nitrogens with two attached hydrogens (primary N) is 1. The lowest BCUT2D eigenvalue weighted by Crippen LogP contribution is -2.32. The second-order valence-electron chi connectivity index (χ2n) is 4.88. The highest BCUT2D eigenvalue weighted by molar-refractivity contribution is 6.08. The number of likely N-dealkylation sites (tertiary alicyclic amines) is 1. The number of nitrogen functional groups attached to an aromatic ring is 1. The number of amides is 3. The van der Waals surface area contributed by atoms with Gasteiger partial charge in [-0.1, -0.05) is 12.1 Å². The molecule has 2 aliphatic rings. The van der Waals surface area contributed by atoms with Crippen LogP contribution in [0, 0.1) is 11.8 Å². The highest BCUT2D eigenvalue weighted by Gasteiger charge is 2.58. The number of piperidine rings is 1. The van der Waals surface area contributed by atoms with Crippen LogP contribution in [0.4, 0.5) is 0 Å². The minimum atomic E-state index is -0.374. The summed E-state index contributed by atoms with van der Waals surface area (Å²) in [4.78, 5) is 36.2. The van der Waals surface area contributed by atoms with Crippen LogP contribution in [-0.2, 0) is 16.1 Å². The summed E-state index contributed by atoms with van der Waals surface area (Å²) >= 11 is 0. The Kier molecular flexibility index (Phi) is 2.60. The third kappa shape index (κ3) is 1.90. The average molecular weight is 259 g/mol. The highest BCUT2D eigenvalue weighted by atomic mass is 16.2. The van der Waals surface area contributed by atoms with Crippen molar-refractivity contribution in [2.24, 2.45) is 17.7 Å². The SMILES string of the molecule is NNC(=O)c1ccc(CN2C(=O)C3CC3C2=O)cc1. The number of hydrogen-bond donors (Lipinski definition) is 2. The molecular formula is C13H13N3O3. The van der Waals surface area contributed by atoms with Crippen molar-refractivity contribution in [1.29, 1.82) is 0 Å². The van der Waals surface area contributed by atoms with Gasteiger partial charge in [0.05, 0.1) is 18.4 Å². The molecule has 3 rings (SSSR count). The smallest absolute Gasteiger partial charge is 0.265 e. The van der Waals surface area contributed by atoms with E-state index in [1.165, 1.54) is 4.90 Å². The summed E-state index contributed by atoms with van der Waals surface area (Å²) in [5.74, 6) is 4.37. The first-order chi connectivity index (χ1) is 9.11. The Hall–Kier alpha value is -2.21. The van der Waals surface area contributed by atoms with Crippen LogP contribution in [-0.4, -0.2) is 22.6 Å². The molecule has 0 aromatic heterocycles. The molecule has 1 saturated heterocycles. The first-order valence-electron chi connectivity index (χ1n) is 6.07. The van der Waals surface area contributed by atoms with Crippen LogP contribution in [0.3, 0.4) is 0 Å². The fourth-order valence-corrected chi connectivity index (χ4v) is 2.43. The summed E-state index contributed by atoms with van der Waals surface area (Å²) in [6.07, 6.45) is 0.712. The number of carbonyl (C=O) groups excluding carboxylic acids is 3. The molecule has 1 aliphatic carbocycles. The first kappa shape index (κ1) is 11.9. The van der Waals surface area contributed by atoms with Gasteiger partial charge in [0.25, 0.3) is 5.91 Å². The minimum absolute atomic E-state index is 0.0706. The van der Waals surface area contributed by atoms with Gasteiger partial charge < -0.3 is 0 Å². The molecule has 1 heterocycles. The molecule has 2 atom stereocenters. The van der Waals surface area contributed by atoms with Crippen LogP contribution in [0.5, 0.6) is 0 Å². The quantitative estimate of drug-likeness (QED) is 0.340. The number of hydrazine groups is 1. The van der Waals surface area contributed by atoms with Gasteiger partial charge >= 0.3 is 0 Å². The fraction of sp³-hybridized carbons (Fsp3) is 0.308. The van der Waals surface area contributed by atoms with Gasteiger partial charge in [0, 0.05) is 5.56 Å². The van der Waals surface area contributed by atoms with Crippen molar-refractivity contribution >= 4 is 17.7 Å². The van der Waals surface area contributed by atoms with Gasteiger partial charge in [-0.25, -0.2) is 5.84 Å². The molecule has 1 aromatic rings. The summed E-state index contributed by atoms with van der Waals surface area (Å²) in [6.45, 7) is 0.273. The van der Waals surface area contributed by atoms with E-state index in [0.29, 0.717) is 12.0 Å². The monoisotopic (exact) mass is 259 g/mol. The van der Waals surface area contributed by atoms with Crippen LogP contribution in [0.25, 0.3) is 0 Å². The minimum Gasteiger partial charge on any atom is -0.290 e. The lowest BCUT2D eigenvalue weighted by atomic mass is 10.1. The molecule has 6 nitrogen and oxygen atoms in total. The summed E-state index contributed by atoms with van der Waals surface area (Å²) < 4.78 is 0. The molecule has 0 radical (unpaired) electrons. The van der Waals surface area contributed by atoms with Crippen LogP contribution < -0.4 is 11.3 Å². The van der Waals surface area contributed by atoms with E-state index in [1.807, 2.05) is 5.43 Å². The van der Waals surface area contributed by atoms with Crippen molar-refractivity contribution in [2.45, 2.75) is 13.0 Å². The van der Waals surface area contributed by atoms with Crippen molar-refractivity contribution < 1.29 is 14.4 Å². The van der Waals surface area contributed by atoms with Crippen LogP contribution >= 0.6 is 0 Å². The molecule has 0 bridgehead atoms. The largest absolute Gasteiger partial charge is 0.290 e. The maximum atomic E-state index is 11.8. The Morgan fingerprint density at radius 3 is 2.32 bits per heavy atom. The summed E-state index contributed by atoms with van der Waals surface area (Å²) in [7, 11) is 0. The Morgan fingerprint density at radius 1 is 1.21 bits per heavy atom. The van der Waals surface area contributed by atoms with Crippen molar-refractivity contribution in [2.75, 3.05) is 0 Å². The molecule has 3 amide bonds. The topological polar surface area (TPSA) is 92.5 Å². The summed E-state index contributed by atoms with van der Waals surface area (Å²) in [5, 5.41) is 0. The molecule has 1 aliphatic heterocycles. The maximum absolute atomic E-state index is 11.8. The summed E-state index contributed by atoms with van der Waals surface area (Å²) in [6, 6.07) is 6.66. The lowest BCUT2D eigenvalue weighted by Gasteiger charge is -2.16. The molecule has 1 aromatic carbocycles. The zero-order valence-electron chi connectivity index (χ0n) is 10.1. The standard InChI is InChI=1S/C13H13N3O3/c14-15-11(17)8-3-1-7(2-4-8)6-16-12(18)9-5-10(9)13(16)19/h1-4,9-10H,5-6,14H2,(H,15,17). The second-order valence-corrected chi connectivity index (χ2v) is 4.88. The van der Waals surface area contributed by atoms with Crippen LogP contribution in [0.2, 0.25) is 0 Å². The molecule has 19 heavy (non-hydrogen) atoms. The van der Waals surface area contributed by atoms with Crippen molar-refractivity contribution in [3.63, 3.8) is 0 Å². The molecule has 2 unspecified atom stereocenters. The summed E-state index contributed by atoms with van der Waals surface area (Å²) in [5.41, 5.74) is 3.30. The zero-order chi connectivity index (χ0) is 13.6. The van der Waals surface area contributed by atoms with Crippen molar-refractivity contribution in [1.82, 2.24) is 10.3 Å². The van der Waals surface area contributed by atoms with E-state index in [9.17, 15) is 14.4 Å². The number of nitrogens with one attached hydrogen (secondary N) is 1. The number of benzene rings is 1. The Morgan fingerprint density at radius 2 is 1.79 bits per heavy atom. The van der Waals surface area contributed by atoms with Gasteiger partial charge in [-0.3, -0.25) is 24.7 Å². The van der Waals surface area contributed by atoms with Gasteiger partial charge in [0.2, 0.25) is 11.8 Å². The van der Waals surface area contributed by atoms with E-state index >= 15 is 0 Å². The van der Waals surface area contributed by atoms with Crippen molar-refractivity contribution in [3.05, 3.63) is 35.4 Å². The third-order valence-electron chi connectivity index (χ3n) is 3.64. The predicted molar refractivity (Wildman–Crippen MR) is 65.2 cm³/mol. The number of carbonyl (C=O) groups is 3. The maximum Gasteiger partial charge on any atom is 0.265 e. The van der Waals surface area contributed by atoms with Crippen LogP contribution in [0.15, 0.2) is 24.3 Å². The van der Waals surface area contributed by atoms with E-state index in [0.717, 1.165) is 5.56 Å². The normalized spacial score (nSPS) is 24.4. The number of fused-ring (bicyclic) bond motifs is 1. The Labute approximate surface area is 109 Å². The van der Waals surface area contributed by atoms with Crippen LogP contribution in [0.1, 0.15) is 22.3 Å². The number of rotatable bonds is 3. The Balaban J connectivity index is 1.72. The molecule has 1 saturated carbocycles. The van der Waals surface area contributed by atoms with Gasteiger partial charge in [-0.05, 0) is 24.1 Å². The molecule has 3 N–H and O–H groups in total.